The van der Waals surface area contributed by atoms with Crippen LogP contribution in [0.4, 0.5) is 23.5 Å². The predicted molar refractivity (Wildman–Crippen MR) is 130 cm³/mol. The molecule has 0 unspecified atom stereocenters. The van der Waals surface area contributed by atoms with E-state index in [1.807, 2.05) is 6.07 Å². The summed E-state index contributed by atoms with van der Waals surface area (Å²) in [6, 6.07) is 8.38. The number of para-hydroxylation sites is 1. The summed E-state index contributed by atoms with van der Waals surface area (Å²) in [5.41, 5.74) is 27.4. The van der Waals surface area contributed by atoms with Crippen LogP contribution in [0.2, 0.25) is 0 Å². The minimum absolute atomic E-state index is 0. The van der Waals surface area contributed by atoms with Crippen LogP contribution in [0.15, 0.2) is 24.3 Å². The SMILES string of the molecule is Cl.N[C@@H]1C[C@H](N)CN(c2nc(N3C[C@H](N)C[C@H](N)C3)nc(N3CCc4ccccc43)n2)C1. The van der Waals surface area contributed by atoms with Gasteiger partial charge in [0, 0.05) is 62.6 Å². The van der Waals surface area contributed by atoms with Crippen molar-refractivity contribution in [3.8, 4) is 0 Å². The van der Waals surface area contributed by atoms with Gasteiger partial charge in [-0.15, -0.1) is 12.4 Å². The van der Waals surface area contributed by atoms with Crippen molar-refractivity contribution in [2.75, 3.05) is 47.4 Å². The number of anilines is 4. The van der Waals surface area contributed by atoms with Crippen LogP contribution in [0.5, 0.6) is 0 Å². The number of halogens is 1. The van der Waals surface area contributed by atoms with Crippen molar-refractivity contribution in [2.24, 2.45) is 22.9 Å². The average Bonchev–Trinajstić information content (AvgIpc) is 3.16. The maximum absolute atomic E-state index is 6.25. The molecule has 0 spiro atoms. The van der Waals surface area contributed by atoms with E-state index in [4.69, 9.17) is 37.9 Å². The van der Waals surface area contributed by atoms with E-state index in [-0.39, 0.29) is 36.6 Å². The topological polar surface area (TPSA) is 152 Å². The highest BCUT2D eigenvalue weighted by molar-refractivity contribution is 5.85. The molecule has 2 saturated heterocycles. The van der Waals surface area contributed by atoms with Crippen LogP contribution >= 0.6 is 12.4 Å². The number of rotatable bonds is 3. The number of hydrogen-bond donors (Lipinski definition) is 4. The van der Waals surface area contributed by atoms with Gasteiger partial charge < -0.3 is 37.6 Å². The fraction of sp³-hybridized carbons (Fsp3) is 0.571. The minimum Gasteiger partial charge on any atom is -0.338 e. The van der Waals surface area contributed by atoms with Crippen molar-refractivity contribution in [3.63, 3.8) is 0 Å². The third-order valence-corrected chi connectivity index (χ3v) is 6.32. The molecule has 4 atom stereocenters. The Kier molecular flexibility index (Phi) is 6.68. The van der Waals surface area contributed by atoms with E-state index in [0.717, 1.165) is 31.5 Å². The molecule has 0 amide bonds. The number of hydrogen-bond acceptors (Lipinski definition) is 10. The van der Waals surface area contributed by atoms with Gasteiger partial charge in [0.2, 0.25) is 17.8 Å². The van der Waals surface area contributed by atoms with Crippen LogP contribution in [0.3, 0.4) is 0 Å². The highest BCUT2D eigenvalue weighted by Gasteiger charge is 2.30. The quantitative estimate of drug-likeness (QED) is 0.480. The molecule has 0 bridgehead atoms. The van der Waals surface area contributed by atoms with E-state index in [1.165, 1.54) is 5.56 Å². The molecule has 11 heteroatoms. The lowest BCUT2D eigenvalue weighted by molar-refractivity contribution is 0.441. The van der Waals surface area contributed by atoms with Crippen molar-refractivity contribution in [2.45, 2.75) is 43.4 Å². The summed E-state index contributed by atoms with van der Waals surface area (Å²) in [5, 5.41) is 0. The lowest BCUT2D eigenvalue weighted by Crippen LogP contribution is -2.54. The Hall–Kier alpha value is -2.24. The molecule has 1 aromatic heterocycles. The molecule has 10 nitrogen and oxygen atoms in total. The number of aromatic nitrogens is 3. The number of nitrogens with two attached hydrogens (primary N) is 4. The van der Waals surface area contributed by atoms with Crippen molar-refractivity contribution in [1.82, 2.24) is 15.0 Å². The maximum Gasteiger partial charge on any atom is 0.236 e. The Morgan fingerprint density at radius 3 is 1.69 bits per heavy atom. The third-order valence-electron chi connectivity index (χ3n) is 6.32. The standard InChI is InChI=1S/C21H32N10.ClH/c22-14-7-15(23)10-29(9-14)19-26-20(30-11-16(24)8-17(25)12-30)28-21(27-19)31-6-5-13-3-1-2-4-18(13)31;/h1-4,14-17H,5-12,22-25H2;1H/t14-,15+,16-,17+;. The highest BCUT2D eigenvalue weighted by Crippen LogP contribution is 2.34. The zero-order chi connectivity index (χ0) is 21.5. The van der Waals surface area contributed by atoms with Crippen LogP contribution in [0.25, 0.3) is 0 Å². The predicted octanol–water partition coefficient (Wildman–Crippen LogP) is -0.283. The van der Waals surface area contributed by atoms with Crippen LogP contribution in [-0.2, 0) is 6.42 Å². The van der Waals surface area contributed by atoms with Gasteiger partial charge in [-0.05, 0) is 30.9 Å². The first-order valence-corrected chi connectivity index (χ1v) is 11.1. The Labute approximate surface area is 194 Å². The van der Waals surface area contributed by atoms with E-state index >= 15 is 0 Å². The molecule has 8 N–H and O–H groups in total. The maximum atomic E-state index is 6.25. The molecule has 0 saturated carbocycles. The summed E-state index contributed by atoms with van der Waals surface area (Å²) in [5.74, 6) is 1.87. The van der Waals surface area contributed by atoms with E-state index in [1.54, 1.807) is 0 Å². The summed E-state index contributed by atoms with van der Waals surface area (Å²) < 4.78 is 0. The smallest absolute Gasteiger partial charge is 0.236 e. The summed E-state index contributed by atoms with van der Waals surface area (Å²) >= 11 is 0. The first-order chi connectivity index (χ1) is 15.0. The molecular weight excluding hydrogens is 428 g/mol. The van der Waals surface area contributed by atoms with Crippen molar-refractivity contribution in [1.29, 1.82) is 0 Å². The fourth-order valence-corrected chi connectivity index (χ4v) is 4.98. The van der Waals surface area contributed by atoms with E-state index < -0.39 is 0 Å². The summed E-state index contributed by atoms with van der Waals surface area (Å²) in [4.78, 5) is 20.9. The molecule has 32 heavy (non-hydrogen) atoms. The van der Waals surface area contributed by atoms with Gasteiger partial charge >= 0.3 is 0 Å². The molecule has 0 aliphatic carbocycles. The molecule has 4 heterocycles. The Bertz CT molecular complexity index is 878. The summed E-state index contributed by atoms with van der Waals surface area (Å²) in [7, 11) is 0. The lowest BCUT2D eigenvalue weighted by atomic mass is 10.0. The second-order valence-corrected chi connectivity index (χ2v) is 9.09. The third kappa shape index (κ3) is 4.60. The number of fused-ring (bicyclic) bond motifs is 1. The van der Waals surface area contributed by atoms with E-state index in [2.05, 4.69) is 32.9 Å². The Morgan fingerprint density at radius 1 is 0.688 bits per heavy atom. The number of piperidine rings is 2. The van der Waals surface area contributed by atoms with Gasteiger partial charge in [-0.1, -0.05) is 18.2 Å². The Morgan fingerprint density at radius 2 is 1.16 bits per heavy atom. The van der Waals surface area contributed by atoms with Crippen molar-refractivity contribution < 1.29 is 0 Å². The summed E-state index contributed by atoms with van der Waals surface area (Å²) in [6.45, 7) is 3.52. The molecule has 3 aliphatic heterocycles. The molecule has 2 fully saturated rings. The second-order valence-electron chi connectivity index (χ2n) is 9.09. The van der Waals surface area contributed by atoms with Gasteiger partial charge in [0.1, 0.15) is 0 Å². The van der Waals surface area contributed by atoms with Crippen LogP contribution < -0.4 is 37.6 Å². The normalized spacial score (nSPS) is 27.8. The molecular formula is C21H33ClN10. The molecule has 0 radical (unpaired) electrons. The molecule has 174 valence electrons. The van der Waals surface area contributed by atoms with Gasteiger partial charge in [-0.25, -0.2) is 0 Å². The fourth-order valence-electron chi connectivity index (χ4n) is 4.98. The second kappa shape index (κ2) is 9.32. The van der Waals surface area contributed by atoms with Crippen LogP contribution in [0, 0.1) is 0 Å². The minimum atomic E-state index is -0.00300. The van der Waals surface area contributed by atoms with Crippen molar-refractivity contribution >= 4 is 35.9 Å². The highest BCUT2D eigenvalue weighted by atomic mass is 35.5. The van der Waals surface area contributed by atoms with Gasteiger partial charge in [0.05, 0.1) is 0 Å². The monoisotopic (exact) mass is 460 g/mol. The van der Waals surface area contributed by atoms with Gasteiger partial charge in [0.25, 0.3) is 0 Å². The number of nitrogens with zero attached hydrogens (tertiary/aromatic N) is 6. The zero-order valence-electron chi connectivity index (χ0n) is 18.2. The average molecular weight is 461 g/mol. The molecule has 3 aliphatic rings. The first-order valence-electron chi connectivity index (χ1n) is 11.1. The lowest BCUT2D eigenvalue weighted by Gasteiger charge is -2.37. The van der Waals surface area contributed by atoms with Crippen molar-refractivity contribution in [3.05, 3.63) is 29.8 Å². The van der Waals surface area contributed by atoms with Gasteiger partial charge in [-0.2, -0.15) is 15.0 Å². The first kappa shape index (κ1) is 22.9. The zero-order valence-corrected chi connectivity index (χ0v) is 19.0. The van der Waals surface area contributed by atoms with Crippen LogP contribution in [-0.4, -0.2) is 71.8 Å². The number of benzene rings is 1. The van der Waals surface area contributed by atoms with Crippen LogP contribution in [0.1, 0.15) is 18.4 Å². The van der Waals surface area contributed by atoms with Gasteiger partial charge in [0.15, 0.2) is 0 Å². The Balaban J connectivity index is 0.00000245. The molecule has 5 rings (SSSR count). The van der Waals surface area contributed by atoms with E-state index in [0.29, 0.717) is 44.0 Å². The molecule has 2 aromatic rings. The molecule has 1 aromatic carbocycles. The van der Waals surface area contributed by atoms with Gasteiger partial charge in [-0.3, -0.25) is 0 Å². The summed E-state index contributed by atoms with van der Waals surface area (Å²) in [6.07, 6.45) is 2.57. The largest absolute Gasteiger partial charge is 0.338 e. The van der Waals surface area contributed by atoms with E-state index in [9.17, 15) is 0 Å².